The zero-order valence-electron chi connectivity index (χ0n) is 29.8. The average molecular weight is 720 g/mol. The van der Waals surface area contributed by atoms with E-state index < -0.39 is 0 Å². The Kier molecular flexibility index (Phi) is 7.39. The number of nitrogens with zero attached hydrogens (tertiary/aromatic N) is 1. The minimum atomic E-state index is 0.902. The lowest BCUT2D eigenvalue weighted by Crippen LogP contribution is -2.11. The van der Waals surface area contributed by atoms with E-state index in [1.807, 2.05) is 23.5 Å². The number of furan rings is 1. The first-order valence-corrected chi connectivity index (χ1v) is 19.5. The molecule has 3 heteroatoms. The minimum absolute atomic E-state index is 0.902. The van der Waals surface area contributed by atoms with Gasteiger partial charge in [-0.2, -0.15) is 0 Å². The summed E-state index contributed by atoms with van der Waals surface area (Å²) in [5.41, 5.74) is 12.2. The van der Waals surface area contributed by atoms with Gasteiger partial charge in [0.05, 0.1) is 5.69 Å². The summed E-state index contributed by atoms with van der Waals surface area (Å²) in [6.45, 7) is 0. The summed E-state index contributed by atoms with van der Waals surface area (Å²) in [4.78, 5) is 2.41. The number of para-hydroxylation sites is 2. The molecule has 0 amide bonds. The van der Waals surface area contributed by atoms with E-state index in [4.69, 9.17) is 4.42 Å². The van der Waals surface area contributed by atoms with Crippen LogP contribution < -0.4 is 4.90 Å². The maximum absolute atomic E-state index is 6.26. The van der Waals surface area contributed by atoms with E-state index in [0.717, 1.165) is 50.1 Å². The predicted octanol–water partition coefficient (Wildman–Crippen LogP) is 15.6. The van der Waals surface area contributed by atoms with Crippen molar-refractivity contribution < 1.29 is 4.42 Å². The predicted molar refractivity (Wildman–Crippen MR) is 235 cm³/mol. The molecule has 0 aliphatic heterocycles. The molecule has 0 fully saturated rings. The molecule has 0 N–H and O–H groups in total. The monoisotopic (exact) mass is 719 g/mol. The molecule has 11 aromatic rings. The lowest BCUT2D eigenvalue weighted by atomic mass is 9.98. The van der Waals surface area contributed by atoms with Crippen LogP contribution in [0.3, 0.4) is 0 Å². The van der Waals surface area contributed by atoms with Crippen LogP contribution in [0.25, 0.3) is 86.3 Å². The fourth-order valence-electron chi connectivity index (χ4n) is 8.18. The molecule has 55 heavy (non-hydrogen) atoms. The van der Waals surface area contributed by atoms with E-state index in [1.54, 1.807) is 0 Å². The van der Waals surface area contributed by atoms with Gasteiger partial charge in [0, 0.05) is 53.4 Å². The lowest BCUT2D eigenvalue weighted by Gasteiger charge is -2.28. The minimum Gasteiger partial charge on any atom is -0.456 e. The van der Waals surface area contributed by atoms with Gasteiger partial charge in [-0.25, -0.2) is 0 Å². The molecule has 0 spiro atoms. The van der Waals surface area contributed by atoms with E-state index in [9.17, 15) is 0 Å². The van der Waals surface area contributed by atoms with Gasteiger partial charge in [0.15, 0.2) is 0 Å². The molecule has 11 rings (SSSR count). The number of hydrogen-bond donors (Lipinski definition) is 0. The lowest BCUT2D eigenvalue weighted by molar-refractivity contribution is 0.669. The molecule has 0 saturated heterocycles. The van der Waals surface area contributed by atoms with Crippen LogP contribution in [0.5, 0.6) is 0 Å². The van der Waals surface area contributed by atoms with Crippen molar-refractivity contribution in [3.63, 3.8) is 0 Å². The van der Waals surface area contributed by atoms with Gasteiger partial charge < -0.3 is 9.32 Å². The van der Waals surface area contributed by atoms with Crippen molar-refractivity contribution in [1.29, 1.82) is 0 Å². The van der Waals surface area contributed by atoms with Crippen LogP contribution in [0.2, 0.25) is 0 Å². The van der Waals surface area contributed by atoms with Crippen LogP contribution in [0, 0.1) is 0 Å². The summed E-state index contributed by atoms with van der Waals surface area (Å²) in [5.74, 6) is 0. The van der Waals surface area contributed by atoms with Crippen molar-refractivity contribution in [2.24, 2.45) is 0 Å². The maximum atomic E-state index is 6.26. The molecule has 0 atom stereocenters. The maximum Gasteiger partial charge on any atom is 0.136 e. The topological polar surface area (TPSA) is 16.4 Å². The van der Waals surface area contributed by atoms with E-state index >= 15 is 0 Å². The summed E-state index contributed by atoms with van der Waals surface area (Å²) in [6.07, 6.45) is 0. The third kappa shape index (κ3) is 5.40. The smallest absolute Gasteiger partial charge is 0.136 e. The van der Waals surface area contributed by atoms with Crippen molar-refractivity contribution in [3.05, 3.63) is 200 Å². The zero-order valence-corrected chi connectivity index (χ0v) is 30.6. The Morgan fingerprint density at radius 2 is 1.02 bits per heavy atom. The summed E-state index contributed by atoms with van der Waals surface area (Å²) >= 11 is 1.87. The molecule has 0 aliphatic rings. The Morgan fingerprint density at radius 3 is 1.95 bits per heavy atom. The number of thiophene rings is 1. The Bertz CT molecular complexity index is 3220. The number of anilines is 3. The van der Waals surface area contributed by atoms with Gasteiger partial charge in [-0.05, 0) is 93.7 Å². The van der Waals surface area contributed by atoms with Gasteiger partial charge in [0.1, 0.15) is 11.2 Å². The van der Waals surface area contributed by atoms with Gasteiger partial charge in [0.2, 0.25) is 0 Å². The number of benzene rings is 9. The van der Waals surface area contributed by atoms with Crippen molar-refractivity contribution in [1.82, 2.24) is 0 Å². The molecular weight excluding hydrogens is 687 g/mol. The third-order valence-electron chi connectivity index (χ3n) is 10.9. The van der Waals surface area contributed by atoms with Crippen molar-refractivity contribution in [3.8, 4) is 33.4 Å². The third-order valence-corrected chi connectivity index (χ3v) is 12.1. The molecule has 0 aliphatic carbocycles. The van der Waals surface area contributed by atoms with Crippen molar-refractivity contribution >= 4 is 81.3 Å². The number of rotatable bonds is 6. The van der Waals surface area contributed by atoms with Crippen LogP contribution in [0.1, 0.15) is 0 Å². The Morgan fingerprint density at radius 1 is 0.364 bits per heavy atom. The van der Waals surface area contributed by atoms with E-state index in [-0.39, 0.29) is 0 Å². The summed E-state index contributed by atoms with van der Waals surface area (Å²) < 4.78 is 8.87. The Labute approximate surface area is 322 Å². The van der Waals surface area contributed by atoms with Gasteiger partial charge >= 0.3 is 0 Å². The first kappa shape index (κ1) is 31.6. The molecule has 0 radical (unpaired) electrons. The Balaban J connectivity index is 1.07. The molecule has 0 unspecified atom stereocenters. The van der Waals surface area contributed by atoms with Crippen LogP contribution in [-0.2, 0) is 0 Å². The van der Waals surface area contributed by atoms with Gasteiger partial charge in [-0.1, -0.05) is 140 Å². The van der Waals surface area contributed by atoms with Crippen molar-refractivity contribution in [2.45, 2.75) is 0 Å². The van der Waals surface area contributed by atoms with Crippen molar-refractivity contribution in [2.75, 3.05) is 4.90 Å². The highest BCUT2D eigenvalue weighted by atomic mass is 32.1. The van der Waals surface area contributed by atoms with E-state index in [2.05, 4.69) is 193 Å². The molecule has 2 aromatic heterocycles. The van der Waals surface area contributed by atoms with Gasteiger partial charge in [0.25, 0.3) is 0 Å². The van der Waals surface area contributed by atoms with Crippen LogP contribution in [0.15, 0.2) is 205 Å². The molecule has 2 heterocycles. The highest BCUT2D eigenvalue weighted by Gasteiger charge is 2.20. The molecule has 9 aromatic carbocycles. The number of fused-ring (bicyclic) bond motifs is 7. The second-order valence-electron chi connectivity index (χ2n) is 14.1. The van der Waals surface area contributed by atoms with E-state index in [0.29, 0.717) is 0 Å². The first-order valence-electron chi connectivity index (χ1n) is 18.7. The quantitative estimate of drug-likeness (QED) is 0.170. The molecule has 2 nitrogen and oxygen atoms in total. The highest BCUT2D eigenvalue weighted by molar-refractivity contribution is 7.26. The van der Waals surface area contributed by atoms with Gasteiger partial charge in [-0.15, -0.1) is 11.3 Å². The summed E-state index contributed by atoms with van der Waals surface area (Å²) in [7, 11) is 0. The summed E-state index contributed by atoms with van der Waals surface area (Å²) in [6, 6.07) is 72.3. The Hall–Kier alpha value is -6.94. The second kappa shape index (κ2) is 12.9. The molecule has 258 valence electrons. The summed E-state index contributed by atoms with van der Waals surface area (Å²) in [5, 5.41) is 7.36. The molecule has 0 saturated carbocycles. The van der Waals surface area contributed by atoms with Crippen LogP contribution in [-0.4, -0.2) is 0 Å². The zero-order chi connectivity index (χ0) is 36.3. The second-order valence-corrected chi connectivity index (χ2v) is 15.2. The fourth-order valence-corrected chi connectivity index (χ4v) is 9.42. The average Bonchev–Trinajstić information content (AvgIpc) is 3.82. The highest BCUT2D eigenvalue weighted by Crippen LogP contribution is 2.46. The SMILES string of the molecule is c1cc(-c2ccc3ccccc3c2)cc(N(c2ccc(-c3ccc4c(c3)oc3ccccc34)cc2)c2ccccc2-c2cccc3c2sc2ccccc23)c1. The first-order chi connectivity index (χ1) is 27.2. The fraction of sp³-hybridized carbons (Fsp3) is 0. The largest absolute Gasteiger partial charge is 0.456 e. The number of hydrogen-bond acceptors (Lipinski definition) is 3. The van der Waals surface area contributed by atoms with E-state index in [1.165, 1.54) is 53.2 Å². The van der Waals surface area contributed by atoms with Crippen LogP contribution >= 0.6 is 11.3 Å². The van der Waals surface area contributed by atoms with Crippen LogP contribution in [0.4, 0.5) is 17.1 Å². The molecule has 0 bridgehead atoms. The standard InChI is InChI=1S/C52H33NOS/c1-2-12-36-31-38(24-23-34(36)11-1)37-13-9-14-41(32-37)53(40-28-25-35(26-29-40)39-27-30-44-43-16-4-7-21-49(43)54-50(44)33-39)48-20-6-3-15-42(48)46-18-10-19-47-45-17-5-8-22-51(45)55-52(46)47/h1-33H. The van der Waals surface area contributed by atoms with Gasteiger partial charge in [-0.3, -0.25) is 0 Å². The molecular formula is C52H33NOS. The normalized spacial score (nSPS) is 11.6.